The summed E-state index contributed by atoms with van der Waals surface area (Å²) in [7, 11) is 3.37. The molecule has 4 heteroatoms. The van der Waals surface area contributed by atoms with E-state index in [1.807, 2.05) is 60.7 Å². The highest BCUT2D eigenvalue weighted by Gasteiger charge is 2.19. The third-order valence-corrected chi connectivity index (χ3v) is 4.61. The molecule has 0 saturated carbocycles. The van der Waals surface area contributed by atoms with E-state index in [1.54, 1.807) is 20.4 Å². The minimum atomic E-state index is -0.268. The van der Waals surface area contributed by atoms with Crippen LogP contribution in [-0.2, 0) is 4.74 Å². The van der Waals surface area contributed by atoms with Crippen molar-refractivity contribution >= 4 is 10.9 Å². The van der Waals surface area contributed by atoms with Gasteiger partial charge in [-0.15, -0.1) is 0 Å². The summed E-state index contributed by atoms with van der Waals surface area (Å²) in [6, 6.07) is 24.0. The van der Waals surface area contributed by atoms with Gasteiger partial charge in [0.15, 0.2) is 0 Å². The van der Waals surface area contributed by atoms with Crippen LogP contribution in [0.4, 0.5) is 0 Å². The van der Waals surface area contributed by atoms with Crippen LogP contribution in [-0.4, -0.2) is 24.2 Å². The first-order chi connectivity index (χ1) is 13.3. The fourth-order valence-corrected chi connectivity index (χ4v) is 3.27. The molecule has 1 unspecified atom stereocenters. The molecule has 134 valence electrons. The second kappa shape index (κ2) is 7.56. The Morgan fingerprint density at radius 2 is 1.63 bits per heavy atom. The van der Waals surface area contributed by atoms with Gasteiger partial charge < -0.3 is 9.47 Å². The lowest BCUT2D eigenvalue weighted by Crippen LogP contribution is -2.07. The van der Waals surface area contributed by atoms with Crippen LogP contribution >= 0.6 is 0 Å². The number of rotatable bonds is 5. The number of aromatic nitrogens is 2. The molecule has 0 aliphatic rings. The van der Waals surface area contributed by atoms with Crippen LogP contribution < -0.4 is 4.74 Å². The minimum absolute atomic E-state index is 0.268. The van der Waals surface area contributed by atoms with Crippen LogP contribution in [0.2, 0.25) is 0 Å². The predicted molar refractivity (Wildman–Crippen MR) is 107 cm³/mol. The third-order valence-electron chi connectivity index (χ3n) is 4.61. The summed E-state index contributed by atoms with van der Waals surface area (Å²) >= 11 is 0. The summed E-state index contributed by atoms with van der Waals surface area (Å²) in [6.07, 6.45) is 1.52. The van der Waals surface area contributed by atoms with Crippen LogP contribution in [0.5, 0.6) is 5.75 Å². The lowest BCUT2D eigenvalue weighted by atomic mass is 9.98. The summed E-state index contributed by atoms with van der Waals surface area (Å²) in [5.41, 5.74) is 4.77. The molecule has 0 radical (unpaired) electrons. The van der Waals surface area contributed by atoms with Gasteiger partial charge in [-0.2, -0.15) is 0 Å². The van der Waals surface area contributed by atoms with Gasteiger partial charge >= 0.3 is 0 Å². The topological polar surface area (TPSA) is 44.2 Å². The predicted octanol–water partition coefficient (Wildman–Crippen LogP) is 5.04. The molecule has 2 heterocycles. The van der Waals surface area contributed by atoms with E-state index in [-0.39, 0.29) is 6.10 Å². The van der Waals surface area contributed by atoms with Crippen LogP contribution in [0, 0.1) is 0 Å². The fraction of sp³-hybridized carbons (Fsp3) is 0.130. The van der Waals surface area contributed by atoms with Crippen molar-refractivity contribution in [3.05, 3.63) is 90.3 Å². The SMILES string of the molecule is COc1ccc(-c2cc(C(OC)c3ccccn3)c3ccccc3n2)cc1. The van der Waals surface area contributed by atoms with Gasteiger partial charge in [0.1, 0.15) is 11.9 Å². The maximum Gasteiger partial charge on any atom is 0.125 e. The molecule has 4 aromatic rings. The maximum absolute atomic E-state index is 5.85. The molecular formula is C23H20N2O2. The zero-order valence-electron chi connectivity index (χ0n) is 15.3. The number of pyridine rings is 2. The lowest BCUT2D eigenvalue weighted by Gasteiger charge is -2.18. The van der Waals surface area contributed by atoms with Gasteiger partial charge in [-0.3, -0.25) is 4.98 Å². The van der Waals surface area contributed by atoms with Gasteiger partial charge in [-0.25, -0.2) is 4.98 Å². The normalized spacial score (nSPS) is 12.1. The van der Waals surface area contributed by atoms with E-state index in [9.17, 15) is 0 Å². The Bertz CT molecular complexity index is 1050. The number of hydrogen-bond donors (Lipinski definition) is 0. The Morgan fingerprint density at radius 3 is 2.33 bits per heavy atom. The summed E-state index contributed by atoms with van der Waals surface area (Å²) in [5, 5.41) is 1.06. The molecule has 4 nitrogen and oxygen atoms in total. The maximum atomic E-state index is 5.85. The first kappa shape index (κ1) is 17.2. The van der Waals surface area contributed by atoms with E-state index in [4.69, 9.17) is 14.5 Å². The van der Waals surface area contributed by atoms with Crippen molar-refractivity contribution in [1.29, 1.82) is 0 Å². The summed E-state index contributed by atoms with van der Waals surface area (Å²) < 4.78 is 11.1. The summed E-state index contributed by atoms with van der Waals surface area (Å²) in [4.78, 5) is 9.35. The number of benzene rings is 2. The minimum Gasteiger partial charge on any atom is -0.497 e. The number of para-hydroxylation sites is 1. The van der Waals surface area contributed by atoms with Crippen molar-refractivity contribution in [1.82, 2.24) is 9.97 Å². The molecule has 0 amide bonds. The van der Waals surface area contributed by atoms with E-state index in [0.29, 0.717) is 0 Å². The van der Waals surface area contributed by atoms with Crippen molar-refractivity contribution in [2.45, 2.75) is 6.10 Å². The number of hydrogen-bond acceptors (Lipinski definition) is 4. The van der Waals surface area contributed by atoms with Gasteiger partial charge in [-0.05, 0) is 54.1 Å². The summed E-state index contributed by atoms with van der Waals surface area (Å²) in [5.74, 6) is 0.822. The van der Waals surface area contributed by atoms with Gasteiger partial charge in [-0.1, -0.05) is 24.3 Å². The Kier molecular flexibility index (Phi) is 4.81. The molecule has 0 N–H and O–H groups in total. The van der Waals surface area contributed by atoms with Crippen LogP contribution in [0.3, 0.4) is 0 Å². The molecule has 0 fully saturated rings. The Hall–Kier alpha value is -3.24. The van der Waals surface area contributed by atoms with Crippen molar-refractivity contribution < 1.29 is 9.47 Å². The Balaban J connectivity index is 1.90. The first-order valence-electron chi connectivity index (χ1n) is 8.78. The largest absolute Gasteiger partial charge is 0.497 e. The quantitative estimate of drug-likeness (QED) is 0.502. The Morgan fingerprint density at radius 1 is 0.852 bits per heavy atom. The van der Waals surface area contributed by atoms with Gasteiger partial charge in [0.05, 0.1) is 24.0 Å². The molecule has 2 aromatic heterocycles. The van der Waals surface area contributed by atoms with Crippen molar-refractivity contribution in [3.8, 4) is 17.0 Å². The highest BCUT2D eigenvalue weighted by atomic mass is 16.5. The van der Waals surface area contributed by atoms with Crippen molar-refractivity contribution in [2.75, 3.05) is 14.2 Å². The number of ether oxygens (including phenoxy) is 2. The van der Waals surface area contributed by atoms with Gasteiger partial charge in [0, 0.05) is 24.3 Å². The highest BCUT2D eigenvalue weighted by Crippen LogP contribution is 2.33. The highest BCUT2D eigenvalue weighted by molar-refractivity contribution is 5.86. The standard InChI is InChI=1S/C23H20N2O2/c1-26-17-12-10-16(11-13-17)22-15-19(18-7-3-4-8-20(18)25-22)23(27-2)21-9-5-6-14-24-21/h3-15,23H,1-2H3. The van der Waals surface area contributed by atoms with E-state index in [0.717, 1.165) is 39.2 Å². The average Bonchev–Trinajstić information content (AvgIpc) is 2.75. The first-order valence-corrected chi connectivity index (χ1v) is 8.78. The fourth-order valence-electron chi connectivity index (χ4n) is 3.27. The van der Waals surface area contributed by atoms with E-state index >= 15 is 0 Å². The van der Waals surface area contributed by atoms with E-state index in [1.165, 1.54) is 0 Å². The molecule has 0 saturated heterocycles. The monoisotopic (exact) mass is 356 g/mol. The lowest BCUT2D eigenvalue weighted by molar-refractivity contribution is 0.134. The smallest absolute Gasteiger partial charge is 0.125 e. The van der Waals surface area contributed by atoms with E-state index in [2.05, 4.69) is 17.1 Å². The number of nitrogens with zero attached hydrogens (tertiary/aromatic N) is 2. The second-order valence-corrected chi connectivity index (χ2v) is 6.21. The molecule has 1 atom stereocenters. The van der Waals surface area contributed by atoms with Crippen LogP contribution in [0.25, 0.3) is 22.2 Å². The van der Waals surface area contributed by atoms with Gasteiger partial charge in [0.25, 0.3) is 0 Å². The van der Waals surface area contributed by atoms with Crippen LogP contribution in [0.15, 0.2) is 79.0 Å². The molecule has 0 spiro atoms. The van der Waals surface area contributed by atoms with Gasteiger partial charge in [0.2, 0.25) is 0 Å². The van der Waals surface area contributed by atoms with Crippen molar-refractivity contribution in [3.63, 3.8) is 0 Å². The second-order valence-electron chi connectivity index (χ2n) is 6.21. The molecule has 0 aliphatic heterocycles. The zero-order valence-corrected chi connectivity index (χ0v) is 15.3. The third kappa shape index (κ3) is 3.39. The molecule has 27 heavy (non-hydrogen) atoms. The van der Waals surface area contributed by atoms with Crippen molar-refractivity contribution in [2.24, 2.45) is 0 Å². The number of methoxy groups -OCH3 is 2. The molecular weight excluding hydrogens is 336 g/mol. The van der Waals surface area contributed by atoms with E-state index < -0.39 is 0 Å². The number of fused-ring (bicyclic) bond motifs is 1. The molecule has 4 rings (SSSR count). The average molecular weight is 356 g/mol. The zero-order chi connectivity index (χ0) is 18.6. The van der Waals surface area contributed by atoms with Crippen LogP contribution in [0.1, 0.15) is 17.4 Å². The molecule has 2 aromatic carbocycles. The Labute approximate surface area is 158 Å². The summed E-state index contributed by atoms with van der Waals surface area (Å²) in [6.45, 7) is 0. The molecule has 0 aliphatic carbocycles. The molecule has 0 bridgehead atoms.